The van der Waals surface area contributed by atoms with Gasteiger partial charge < -0.3 is 20.7 Å². The highest BCUT2D eigenvalue weighted by Gasteiger charge is 2.10. The van der Waals surface area contributed by atoms with Crippen LogP contribution in [0.5, 0.6) is 5.75 Å². The van der Waals surface area contributed by atoms with E-state index >= 15 is 0 Å². The van der Waals surface area contributed by atoms with E-state index < -0.39 is 5.91 Å². The van der Waals surface area contributed by atoms with Gasteiger partial charge in [0.15, 0.2) is 6.61 Å². The van der Waals surface area contributed by atoms with Crippen molar-refractivity contribution in [2.45, 2.75) is 0 Å². The normalized spacial score (nSPS) is 10.1. The number of hydrogen-bond acceptors (Lipinski definition) is 4. The number of carbonyl (C=O) groups is 2. The standard InChI is InChI=1S/C17H18ClN3O3/c1-21(2)15-8-5-12(18)9-14(15)20-16(22)10-24-13-6-3-11(4-7-13)17(19)23/h3-9H,10H2,1-2H3,(H2,19,23)(H,20,22). The van der Waals surface area contributed by atoms with Crippen LogP contribution in [-0.4, -0.2) is 32.5 Å². The minimum absolute atomic E-state index is 0.171. The van der Waals surface area contributed by atoms with Crippen molar-refractivity contribution >= 4 is 34.8 Å². The lowest BCUT2D eigenvalue weighted by atomic mass is 10.2. The van der Waals surface area contributed by atoms with E-state index in [0.29, 0.717) is 22.0 Å². The second-order valence-electron chi connectivity index (χ2n) is 5.28. The summed E-state index contributed by atoms with van der Waals surface area (Å²) >= 11 is 5.98. The minimum Gasteiger partial charge on any atom is -0.484 e. The molecule has 2 rings (SSSR count). The maximum Gasteiger partial charge on any atom is 0.262 e. The molecule has 2 amide bonds. The van der Waals surface area contributed by atoms with E-state index in [4.69, 9.17) is 22.1 Å². The van der Waals surface area contributed by atoms with E-state index in [0.717, 1.165) is 5.69 Å². The first-order valence-corrected chi connectivity index (χ1v) is 7.54. The number of amides is 2. The van der Waals surface area contributed by atoms with Crippen LogP contribution in [0.3, 0.4) is 0 Å². The van der Waals surface area contributed by atoms with Gasteiger partial charge in [-0.05, 0) is 42.5 Å². The van der Waals surface area contributed by atoms with Crippen LogP contribution in [0.15, 0.2) is 42.5 Å². The molecule has 0 spiro atoms. The third-order valence-corrected chi connectivity index (χ3v) is 3.46. The van der Waals surface area contributed by atoms with Gasteiger partial charge in [-0.25, -0.2) is 0 Å². The third-order valence-electron chi connectivity index (χ3n) is 3.22. The van der Waals surface area contributed by atoms with Gasteiger partial charge in [0, 0.05) is 24.7 Å². The summed E-state index contributed by atoms with van der Waals surface area (Å²) in [5.74, 6) is -0.370. The summed E-state index contributed by atoms with van der Waals surface area (Å²) in [6, 6.07) is 11.5. The summed E-state index contributed by atoms with van der Waals surface area (Å²) in [6.45, 7) is -0.171. The predicted octanol–water partition coefficient (Wildman–Crippen LogP) is 2.52. The molecule has 0 heterocycles. The Hall–Kier alpha value is -2.73. The summed E-state index contributed by atoms with van der Waals surface area (Å²) in [5.41, 5.74) is 6.97. The van der Waals surface area contributed by atoms with Gasteiger partial charge in [0.05, 0.1) is 11.4 Å². The average molecular weight is 348 g/mol. The van der Waals surface area contributed by atoms with Crippen molar-refractivity contribution in [1.29, 1.82) is 0 Å². The van der Waals surface area contributed by atoms with Crippen LogP contribution in [0.4, 0.5) is 11.4 Å². The maximum atomic E-state index is 12.1. The van der Waals surface area contributed by atoms with Crippen LogP contribution < -0.4 is 20.7 Å². The highest BCUT2D eigenvalue weighted by Crippen LogP contribution is 2.27. The molecule has 0 saturated carbocycles. The van der Waals surface area contributed by atoms with E-state index in [1.54, 1.807) is 24.3 Å². The van der Waals surface area contributed by atoms with Crippen LogP contribution in [0.1, 0.15) is 10.4 Å². The lowest BCUT2D eigenvalue weighted by Gasteiger charge is -2.18. The summed E-state index contributed by atoms with van der Waals surface area (Å²) in [7, 11) is 3.74. The summed E-state index contributed by atoms with van der Waals surface area (Å²) in [4.78, 5) is 24.9. The Kier molecular flexibility index (Phi) is 5.65. The van der Waals surface area contributed by atoms with Crippen LogP contribution in [0.25, 0.3) is 0 Å². The Morgan fingerprint density at radius 1 is 1.17 bits per heavy atom. The van der Waals surface area contributed by atoms with Crippen LogP contribution in [-0.2, 0) is 4.79 Å². The van der Waals surface area contributed by atoms with E-state index in [-0.39, 0.29) is 12.5 Å². The van der Waals surface area contributed by atoms with E-state index in [1.165, 1.54) is 12.1 Å². The number of primary amides is 1. The van der Waals surface area contributed by atoms with Crippen LogP contribution in [0.2, 0.25) is 5.02 Å². The molecule has 0 bridgehead atoms. The molecule has 0 aromatic heterocycles. The smallest absolute Gasteiger partial charge is 0.262 e. The fourth-order valence-corrected chi connectivity index (χ4v) is 2.22. The van der Waals surface area contributed by atoms with Crippen LogP contribution >= 0.6 is 11.6 Å². The van der Waals surface area contributed by atoms with Crippen LogP contribution in [0, 0.1) is 0 Å². The first-order chi connectivity index (χ1) is 11.4. The molecule has 0 unspecified atom stereocenters. The summed E-state index contributed by atoms with van der Waals surface area (Å²) in [5, 5.41) is 3.30. The SMILES string of the molecule is CN(C)c1ccc(Cl)cc1NC(=O)COc1ccc(C(N)=O)cc1. The van der Waals surface area contributed by atoms with Crippen molar-refractivity contribution in [3.8, 4) is 5.75 Å². The molecule has 0 aliphatic rings. The van der Waals surface area contributed by atoms with E-state index in [1.807, 2.05) is 25.1 Å². The molecule has 7 heteroatoms. The Labute approximate surface area is 145 Å². The monoisotopic (exact) mass is 347 g/mol. The number of carbonyl (C=O) groups excluding carboxylic acids is 2. The van der Waals surface area contributed by atoms with Gasteiger partial charge >= 0.3 is 0 Å². The number of ether oxygens (including phenoxy) is 1. The predicted molar refractivity (Wildman–Crippen MR) is 94.9 cm³/mol. The van der Waals surface area contributed by atoms with Gasteiger partial charge in [-0.15, -0.1) is 0 Å². The zero-order chi connectivity index (χ0) is 17.7. The molecule has 0 aliphatic heterocycles. The maximum absolute atomic E-state index is 12.1. The van der Waals surface area contributed by atoms with Gasteiger partial charge in [-0.2, -0.15) is 0 Å². The Bertz CT molecular complexity index is 745. The quantitative estimate of drug-likeness (QED) is 0.841. The molecule has 24 heavy (non-hydrogen) atoms. The number of anilines is 2. The Balaban J connectivity index is 1.98. The first-order valence-electron chi connectivity index (χ1n) is 7.16. The summed E-state index contributed by atoms with van der Waals surface area (Å²) in [6.07, 6.45) is 0. The molecule has 3 N–H and O–H groups in total. The lowest BCUT2D eigenvalue weighted by molar-refractivity contribution is -0.118. The molecule has 6 nitrogen and oxygen atoms in total. The number of nitrogens with zero attached hydrogens (tertiary/aromatic N) is 1. The highest BCUT2D eigenvalue weighted by molar-refractivity contribution is 6.31. The van der Waals surface area contributed by atoms with E-state index in [9.17, 15) is 9.59 Å². The van der Waals surface area contributed by atoms with E-state index in [2.05, 4.69) is 5.32 Å². The number of nitrogens with two attached hydrogens (primary N) is 1. The number of benzene rings is 2. The molecule has 0 radical (unpaired) electrons. The van der Waals surface area contributed by atoms with Gasteiger partial charge in [-0.3, -0.25) is 9.59 Å². The Morgan fingerprint density at radius 2 is 1.83 bits per heavy atom. The second kappa shape index (κ2) is 7.70. The topological polar surface area (TPSA) is 84.7 Å². The third kappa shape index (κ3) is 4.63. The largest absolute Gasteiger partial charge is 0.484 e. The number of rotatable bonds is 6. The van der Waals surface area contributed by atoms with Gasteiger partial charge in [0.25, 0.3) is 5.91 Å². The molecule has 0 saturated heterocycles. The lowest BCUT2D eigenvalue weighted by Crippen LogP contribution is -2.22. The molecule has 126 valence electrons. The molecule has 0 atom stereocenters. The Morgan fingerprint density at radius 3 is 2.42 bits per heavy atom. The molecule has 0 aliphatic carbocycles. The second-order valence-corrected chi connectivity index (χ2v) is 5.72. The van der Waals surface area contributed by atoms with Crippen molar-refractivity contribution in [1.82, 2.24) is 0 Å². The van der Waals surface area contributed by atoms with Gasteiger partial charge in [-0.1, -0.05) is 11.6 Å². The minimum atomic E-state index is -0.517. The number of halogens is 1. The molecule has 2 aromatic carbocycles. The number of nitrogens with one attached hydrogen (secondary N) is 1. The fraction of sp³-hybridized carbons (Fsp3) is 0.176. The fourth-order valence-electron chi connectivity index (χ4n) is 2.05. The average Bonchev–Trinajstić information content (AvgIpc) is 2.53. The first kappa shape index (κ1) is 17.6. The molecular weight excluding hydrogens is 330 g/mol. The molecule has 0 fully saturated rings. The van der Waals surface area contributed by atoms with Crippen molar-refractivity contribution in [2.24, 2.45) is 5.73 Å². The van der Waals surface area contributed by atoms with Crippen molar-refractivity contribution < 1.29 is 14.3 Å². The molecular formula is C17H18ClN3O3. The van der Waals surface area contributed by atoms with Crippen molar-refractivity contribution in [2.75, 3.05) is 30.9 Å². The van der Waals surface area contributed by atoms with Crippen molar-refractivity contribution in [3.05, 3.63) is 53.1 Å². The number of hydrogen-bond donors (Lipinski definition) is 2. The molecule has 2 aromatic rings. The summed E-state index contributed by atoms with van der Waals surface area (Å²) < 4.78 is 5.39. The van der Waals surface area contributed by atoms with Crippen molar-refractivity contribution in [3.63, 3.8) is 0 Å². The zero-order valence-electron chi connectivity index (χ0n) is 13.4. The van der Waals surface area contributed by atoms with Gasteiger partial charge in [0.1, 0.15) is 5.75 Å². The zero-order valence-corrected chi connectivity index (χ0v) is 14.1. The van der Waals surface area contributed by atoms with Gasteiger partial charge in [0.2, 0.25) is 5.91 Å². The highest BCUT2D eigenvalue weighted by atomic mass is 35.5.